The van der Waals surface area contributed by atoms with E-state index in [9.17, 15) is 9.90 Å². The summed E-state index contributed by atoms with van der Waals surface area (Å²) in [6.07, 6.45) is 0. The third-order valence-corrected chi connectivity index (χ3v) is 1.46. The molecule has 0 radical (unpaired) electrons. The summed E-state index contributed by atoms with van der Waals surface area (Å²) in [7, 11) is 0. The van der Waals surface area contributed by atoms with Crippen LogP contribution in [0.4, 0.5) is 0 Å². The van der Waals surface area contributed by atoms with Crippen molar-refractivity contribution in [2.45, 2.75) is 4.90 Å². The van der Waals surface area contributed by atoms with Crippen LogP contribution in [0.3, 0.4) is 0 Å². The number of carboxylic acids is 1. The van der Waals surface area contributed by atoms with E-state index in [2.05, 4.69) is 0 Å². The number of benzene rings is 1. The van der Waals surface area contributed by atoms with Gasteiger partial charge < -0.3 is 22.5 Å². The topological polar surface area (TPSA) is 40.1 Å². The molecule has 2 nitrogen and oxygen atoms in total. The molecule has 0 aliphatic carbocycles. The largest absolute Gasteiger partial charge is 1.00 e. The molecule has 0 aromatic heterocycles. The molecule has 0 amide bonds. The Labute approximate surface area is 114 Å². The van der Waals surface area contributed by atoms with E-state index in [0.29, 0.717) is 4.90 Å². The minimum Gasteiger partial charge on any atom is -0.779 e. The Morgan fingerprint density at radius 3 is 2.17 bits per heavy atom. The third kappa shape index (κ3) is 4.05. The van der Waals surface area contributed by atoms with Crippen LogP contribution in [0.1, 0.15) is 10.4 Å². The number of aromatic carboxylic acids is 1. The first-order valence-corrected chi connectivity index (χ1v) is 3.10. The molecule has 0 heterocycles. The first kappa shape index (κ1) is 15.1. The van der Waals surface area contributed by atoms with Gasteiger partial charge in [0.15, 0.2) is 0 Å². The number of hydrogen-bond acceptors (Lipinski definition) is 3. The SMILES string of the molecule is O=C([O-])c1ccccc1[S-].[Ag+].[Na+]. The molecule has 1 aromatic carbocycles. The molecule has 0 fully saturated rings. The van der Waals surface area contributed by atoms with E-state index in [1.54, 1.807) is 18.2 Å². The second-order valence-corrected chi connectivity index (χ2v) is 2.22. The van der Waals surface area contributed by atoms with Crippen molar-refractivity contribution in [1.82, 2.24) is 0 Å². The van der Waals surface area contributed by atoms with Crippen LogP contribution in [0, 0.1) is 0 Å². The van der Waals surface area contributed by atoms with Crippen molar-refractivity contribution in [3.8, 4) is 0 Å². The van der Waals surface area contributed by atoms with Crippen molar-refractivity contribution in [3.05, 3.63) is 29.8 Å². The Balaban J connectivity index is 0. The van der Waals surface area contributed by atoms with Gasteiger partial charge >= 0.3 is 51.9 Å². The molecule has 0 saturated carbocycles. The molecule has 0 aliphatic heterocycles. The van der Waals surface area contributed by atoms with Crippen molar-refractivity contribution >= 4 is 18.6 Å². The Morgan fingerprint density at radius 1 is 1.33 bits per heavy atom. The van der Waals surface area contributed by atoms with E-state index < -0.39 is 5.97 Å². The van der Waals surface area contributed by atoms with Crippen LogP contribution in [-0.2, 0) is 35.0 Å². The van der Waals surface area contributed by atoms with Gasteiger partial charge in [0.25, 0.3) is 0 Å². The van der Waals surface area contributed by atoms with E-state index in [4.69, 9.17) is 12.6 Å². The average molecular weight is 283 g/mol. The molecule has 62 valence electrons. The second kappa shape index (κ2) is 7.09. The fraction of sp³-hybridized carbons (Fsp3) is 0. The van der Waals surface area contributed by atoms with Gasteiger partial charge in [0.05, 0.1) is 5.97 Å². The molecule has 1 rings (SSSR count). The van der Waals surface area contributed by atoms with Crippen LogP contribution in [0.15, 0.2) is 29.2 Å². The van der Waals surface area contributed by atoms with Gasteiger partial charge in [0, 0.05) is 0 Å². The molecule has 0 bridgehead atoms. The Bertz CT molecular complexity index is 267. The minimum atomic E-state index is -1.22. The van der Waals surface area contributed by atoms with Crippen LogP contribution in [0.2, 0.25) is 0 Å². The molecular weight excluding hydrogens is 279 g/mol. The van der Waals surface area contributed by atoms with Gasteiger partial charge in [-0.1, -0.05) is 24.3 Å². The molecule has 0 unspecified atom stereocenters. The standard InChI is InChI=1S/C7H6O2S.Ag.Na/c8-7(9)5-3-1-2-4-6(5)10;;/h1-4,10H,(H,8,9);;/q;2*+1/p-2. The predicted octanol–water partition coefficient (Wildman–Crippen LogP) is -3.04. The fourth-order valence-electron chi connectivity index (χ4n) is 0.635. The van der Waals surface area contributed by atoms with Crippen molar-refractivity contribution in [2.24, 2.45) is 0 Å². The van der Waals surface area contributed by atoms with Crippen molar-refractivity contribution in [3.63, 3.8) is 0 Å². The van der Waals surface area contributed by atoms with Crippen molar-refractivity contribution in [2.75, 3.05) is 0 Å². The van der Waals surface area contributed by atoms with Gasteiger partial charge in [-0.3, -0.25) is 0 Å². The summed E-state index contributed by atoms with van der Waals surface area (Å²) in [5.74, 6) is -1.22. The fourth-order valence-corrected chi connectivity index (χ4v) is 0.865. The maximum Gasteiger partial charge on any atom is 1.00 e. The summed E-state index contributed by atoms with van der Waals surface area (Å²) in [4.78, 5) is 10.6. The third-order valence-electron chi connectivity index (χ3n) is 1.11. The zero-order valence-electron chi connectivity index (χ0n) is 6.34. The van der Waals surface area contributed by atoms with E-state index in [0.717, 1.165) is 0 Å². The molecule has 0 atom stereocenters. The van der Waals surface area contributed by atoms with Crippen LogP contribution >= 0.6 is 0 Å². The summed E-state index contributed by atoms with van der Waals surface area (Å²) in [6, 6.07) is 6.29. The van der Waals surface area contributed by atoms with Gasteiger partial charge in [0.2, 0.25) is 0 Å². The van der Waals surface area contributed by atoms with Crippen LogP contribution < -0.4 is 34.7 Å². The predicted molar refractivity (Wildman–Crippen MR) is 36.4 cm³/mol. The first-order valence-electron chi connectivity index (χ1n) is 2.69. The maximum atomic E-state index is 10.2. The van der Waals surface area contributed by atoms with Gasteiger partial charge in [-0.2, -0.15) is 4.90 Å². The van der Waals surface area contributed by atoms with Crippen molar-refractivity contribution < 1.29 is 61.8 Å². The van der Waals surface area contributed by atoms with Gasteiger partial charge in [-0.15, -0.1) is 0 Å². The van der Waals surface area contributed by atoms with Crippen LogP contribution in [0.5, 0.6) is 0 Å². The molecule has 0 saturated heterocycles. The van der Waals surface area contributed by atoms with Crippen molar-refractivity contribution in [1.29, 1.82) is 0 Å². The molecule has 5 heteroatoms. The molecular formula is C7H4AgNaO2S. The van der Waals surface area contributed by atoms with E-state index in [-0.39, 0.29) is 57.5 Å². The zero-order chi connectivity index (χ0) is 7.56. The summed E-state index contributed by atoms with van der Waals surface area (Å²) >= 11 is 4.71. The van der Waals surface area contributed by atoms with E-state index in [1.807, 2.05) is 0 Å². The zero-order valence-corrected chi connectivity index (χ0v) is 10.6. The Morgan fingerprint density at radius 2 is 1.83 bits per heavy atom. The summed E-state index contributed by atoms with van der Waals surface area (Å²) in [5, 5.41) is 10.2. The molecule has 0 spiro atoms. The molecule has 0 N–H and O–H groups in total. The van der Waals surface area contributed by atoms with Crippen LogP contribution in [0.25, 0.3) is 0 Å². The molecule has 12 heavy (non-hydrogen) atoms. The van der Waals surface area contributed by atoms with Gasteiger partial charge in [-0.05, 0) is 5.56 Å². The van der Waals surface area contributed by atoms with Gasteiger partial charge in [-0.25, -0.2) is 0 Å². The monoisotopic (exact) mass is 282 g/mol. The second-order valence-electron chi connectivity index (χ2n) is 1.78. The Hall–Kier alpha value is 0.650. The minimum absolute atomic E-state index is 0. The first-order chi connectivity index (χ1) is 4.72. The smallest absolute Gasteiger partial charge is 0.779 e. The number of hydrogen-bond donors (Lipinski definition) is 0. The number of carboxylic acid groups (broad SMARTS) is 1. The normalized spacial score (nSPS) is 7.67. The Kier molecular flexibility index (Phi) is 8.95. The van der Waals surface area contributed by atoms with E-state index >= 15 is 0 Å². The number of carbonyl (C=O) groups is 1. The van der Waals surface area contributed by atoms with Crippen LogP contribution in [-0.4, -0.2) is 5.97 Å². The quantitative estimate of drug-likeness (QED) is 0.406. The van der Waals surface area contributed by atoms with Gasteiger partial charge in [0.1, 0.15) is 0 Å². The molecule has 0 aliphatic rings. The number of rotatable bonds is 1. The summed E-state index contributed by atoms with van der Waals surface area (Å²) in [6.45, 7) is 0. The molecule has 1 aromatic rings. The maximum absolute atomic E-state index is 10.2. The number of carbonyl (C=O) groups excluding carboxylic acids is 1. The average Bonchev–Trinajstić information content (AvgIpc) is 1.88. The summed E-state index contributed by atoms with van der Waals surface area (Å²) < 4.78 is 0. The summed E-state index contributed by atoms with van der Waals surface area (Å²) in [5.41, 5.74) is 0.0810. The van der Waals surface area contributed by atoms with E-state index in [1.165, 1.54) is 6.07 Å².